The number of amides is 2. The third-order valence-electron chi connectivity index (χ3n) is 3.45. The quantitative estimate of drug-likeness (QED) is 0.800. The van der Waals surface area contributed by atoms with Gasteiger partial charge >= 0.3 is 0 Å². The van der Waals surface area contributed by atoms with Crippen LogP contribution in [0.1, 0.15) is 6.92 Å². The lowest BCUT2D eigenvalue weighted by atomic mass is 10.2. The van der Waals surface area contributed by atoms with E-state index in [0.717, 1.165) is 4.90 Å². The molecule has 2 amide bonds. The Bertz CT molecular complexity index is 845. The van der Waals surface area contributed by atoms with Gasteiger partial charge in [-0.25, -0.2) is 0 Å². The monoisotopic (exact) mass is 396 g/mol. The maximum absolute atomic E-state index is 12.3. The third-order valence-corrected chi connectivity index (χ3v) is 5.05. The Hall–Kier alpha value is -1.89. The molecule has 1 aliphatic rings. The zero-order valence-electron chi connectivity index (χ0n) is 13.1. The van der Waals surface area contributed by atoms with Crippen molar-refractivity contribution in [2.24, 2.45) is 0 Å². The second-order valence-corrected chi connectivity index (χ2v) is 7.23. The fourth-order valence-electron chi connectivity index (χ4n) is 2.22. The highest BCUT2D eigenvalue weighted by Crippen LogP contribution is 2.33. The number of carbonyl (C=O) groups excluding carboxylic acids is 2. The smallest absolute Gasteiger partial charge is 0.265 e. The van der Waals surface area contributed by atoms with Gasteiger partial charge in [0.2, 0.25) is 5.91 Å². The Labute approximate surface area is 159 Å². The Balaban J connectivity index is 1.67. The number of hydrogen-bond acceptors (Lipinski definition) is 4. The van der Waals surface area contributed by atoms with E-state index in [1.54, 1.807) is 37.3 Å². The van der Waals surface area contributed by atoms with Crippen molar-refractivity contribution < 1.29 is 14.3 Å². The molecule has 5 nitrogen and oxygen atoms in total. The van der Waals surface area contributed by atoms with Crippen LogP contribution in [0.3, 0.4) is 0 Å². The topological polar surface area (TPSA) is 67.4 Å². The highest BCUT2D eigenvalue weighted by atomic mass is 35.5. The Kier molecular flexibility index (Phi) is 5.42. The molecule has 1 unspecified atom stereocenters. The van der Waals surface area contributed by atoms with Crippen molar-refractivity contribution in [2.45, 2.75) is 17.9 Å². The molecule has 0 saturated carbocycles. The molecule has 2 N–H and O–H groups in total. The van der Waals surface area contributed by atoms with E-state index in [0.29, 0.717) is 32.9 Å². The largest absolute Gasteiger partial charge is 0.479 e. The molecule has 0 fully saturated rings. The number of anilines is 2. The third kappa shape index (κ3) is 4.39. The van der Waals surface area contributed by atoms with Crippen molar-refractivity contribution in [2.75, 3.05) is 16.4 Å². The SMILES string of the molecule is CC(Oc1ccc(Cl)cc1Cl)C(=O)Nc1ccc2c(c1)NC(=O)CS2. The number of fused-ring (bicyclic) bond motifs is 1. The molecule has 0 radical (unpaired) electrons. The number of halogens is 2. The molecule has 0 spiro atoms. The second kappa shape index (κ2) is 7.56. The zero-order valence-corrected chi connectivity index (χ0v) is 15.5. The van der Waals surface area contributed by atoms with Crippen molar-refractivity contribution in [3.8, 4) is 5.75 Å². The van der Waals surface area contributed by atoms with E-state index in [4.69, 9.17) is 27.9 Å². The van der Waals surface area contributed by atoms with E-state index in [9.17, 15) is 9.59 Å². The zero-order chi connectivity index (χ0) is 18.0. The molecule has 0 saturated heterocycles. The number of ether oxygens (including phenoxy) is 1. The van der Waals surface area contributed by atoms with Gasteiger partial charge in [0.1, 0.15) is 5.75 Å². The predicted octanol–water partition coefficient (Wildman–Crippen LogP) is 4.44. The van der Waals surface area contributed by atoms with Gasteiger partial charge in [-0.2, -0.15) is 0 Å². The number of benzene rings is 2. The maximum Gasteiger partial charge on any atom is 0.265 e. The lowest BCUT2D eigenvalue weighted by molar-refractivity contribution is -0.122. The summed E-state index contributed by atoms with van der Waals surface area (Å²) in [6.45, 7) is 1.62. The molecule has 0 bridgehead atoms. The van der Waals surface area contributed by atoms with Gasteiger partial charge in [-0.1, -0.05) is 23.2 Å². The predicted molar refractivity (Wildman–Crippen MR) is 101 cm³/mol. The average Bonchev–Trinajstić information content (AvgIpc) is 2.57. The summed E-state index contributed by atoms with van der Waals surface area (Å²) in [4.78, 5) is 24.8. The molecule has 1 heterocycles. The van der Waals surface area contributed by atoms with Gasteiger partial charge in [-0.05, 0) is 43.3 Å². The van der Waals surface area contributed by atoms with Crippen LogP contribution in [0.15, 0.2) is 41.3 Å². The number of hydrogen-bond donors (Lipinski definition) is 2. The standard InChI is InChI=1S/C17H14Cl2N2O3S/c1-9(24-14-4-2-10(18)6-12(14)19)17(23)20-11-3-5-15-13(7-11)21-16(22)8-25-15/h2-7,9H,8H2,1H3,(H,20,23)(H,21,22). The van der Waals surface area contributed by atoms with Gasteiger partial charge in [-0.3, -0.25) is 9.59 Å². The van der Waals surface area contributed by atoms with E-state index >= 15 is 0 Å². The van der Waals surface area contributed by atoms with E-state index in [1.165, 1.54) is 11.8 Å². The molecule has 0 aromatic heterocycles. The first-order chi connectivity index (χ1) is 11.9. The number of thioether (sulfide) groups is 1. The summed E-state index contributed by atoms with van der Waals surface area (Å²) in [6, 6.07) is 10.2. The molecule has 25 heavy (non-hydrogen) atoms. The molecule has 0 aliphatic carbocycles. The van der Waals surface area contributed by atoms with Crippen molar-refractivity contribution in [1.82, 2.24) is 0 Å². The van der Waals surface area contributed by atoms with E-state index in [1.807, 2.05) is 6.07 Å². The van der Waals surface area contributed by atoms with Crippen molar-refractivity contribution in [1.29, 1.82) is 0 Å². The van der Waals surface area contributed by atoms with Gasteiger partial charge in [-0.15, -0.1) is 11.8 Å². The van der Waals surface area contributed by atoms with Crippen LogP contribution in [0.4, 0.5) is 11.4 Å². The lowest BCUT2D eigenvalue weighted by Crippen LogP contribution is -2.30. The number of rotatable bonds is 4. The summed E-state index contributed by atoms with van der Waals surface area (Å²) in [5.41, 5.74) is 1.26. The number of nitrogens with one attached hydrogen (secondary N) is 2. The summed E-state index contributed by atoms with van der Waals surface area (Å²) < 4.78 is 5.59. The van der Waals surface area contributed by atoms with E-state index in [2.05, 4.69) is 10.6 Å². The second-order valence-electron chi connectivity index (χ2n) is 5.37. The molecule has 2 aromatic carbocycles. The van der Waals surface area contributed by atoms with Gasteiger partial charge in [0.05, 0.1) is 16.5 Å². The van der Waals surface area contributed by atoms with Crippen LogP contribution in [-0.2, 0) is 9.59 Å². The van der Waals surface area contributed by atoms with Crippen LogP contribution in [0.25, 0.3) is 0 Å². The summed E-state index contributed by atoms with van der Waals surface area (Å²) >= 11 is 13.3. The molecule has 3 rings (SSSR count). The van der Waals surface area contributed by atoms with Gasteiger partial charge < -0.3 is 15.4 Å². The van der Waals surface area contributed by atoms with Crippen molar-refractivity contribution in [3.63, 3.8) is 0 Å². The normalized spacial score (nSPS) is 14.3. The van der Waals surface area contributed by atoms with Crippen LogP contribution < -0.4 is 15.4 Å². The van der Waals surface area contributed by atoms with Crippen LogP contribution in [0.2, 0.25) is 10.0 Å². The molecule has 8 heteroatoms. The van der Waals surface area contributed by atoms with Crippen LogP contribution in [-0.4, -0.2) is 23.7 Å². The summed E-state index contributed by atoms with van der Waals surface area (Å²) in [7, 11) is 0. The first kappa shape index (κ1) is 17.9. The Morgan fingerprint density at radius 1 is 1.28 bits per heavy atom. The van der Waals surface area contributed by atoms with Gasteiger partial charge in [0.25, 0.3) is 5.91 Å². The van der Waals surface area contributed by atoms with Crippen molar-refractivity contribution in [3.05, 3.63) is 46.4 Å². The molecule has 1 atom stereocenters. The first-order valence-corrected chi connectivity index (χ1v) is 9.16. The fourth-order valence-corrected chi connectivity index (χ4v) is 3.46. The van der Waals surface area contributed by atoms with Crippen LogP contribution in [0, 0.1) is 0 Å². The minimum Gasteiger partial charge on any atom is -0.479 e. The van der Waals surface area contributed by atoms with Gasteiger partial charge in [0.15, 0.2) is 6.10 Å². The minimum atomic E-state index is -0.765. The van der Waals surface area contributed by atoms with Crippen molar-refractivity contribution >= 4 is 58.2 Å². The molecule has 2 aromatic rings. The Morgan fingerprint density at radius 3 is 2.84 bits per heavy atom. The summed E-state index contributed by atoms with van der Waals surface area (Å²) in [5.74, 6) is 0.379. The molecular formula is C17H14Cl2N2O3S. The molecular weight excluding hydrogens is 383 g/mol. The molecule has 1 aliphatic heterocycles. The number of carbonyl (C=O) groups is 2. The Morgan fingerprint density at radius 2 is 2.08 bits per heavy atom. The summed E-state index contributed by atoms with van der Waals surface area (Å²) in [5, 5.41) is 6.37. The van der Waals surface area contributed by atoms with Crippen LogP contribution in [0.5, 0.6) is 5.75 Å². The highest BCUT2D eigenvalue weighted by molar-refractivity contribution is 8.00. The molecule has 130 valence electrons. The van der Waals surface area contributed by atoms with Gasteiger partial charge in [0, 0.05) is 15.6 Å². The average molecular weight is 397 g/mol. The minimum absolute atomic E-state index is 0.0601. The maximum atomic E-state index is 12.3. The summed E-state index contributed by atoms with van der Waals surface area (Å²) in [6.07, 6.45) is -0.765. The van der Waals surface area contributed by atoms with E-state index < -0.39 is 6.10 Å². The fraction of sp³-hybridized carbons (Fsp3) is 0.176. The highest BCUT2D eigenvalue weighted by Gasteiger charge is 2.19. The first-order valence-electron chi connectivity index (χ1n) is 7.41. The lowest BCUT2D eigenvalue weighted by Gasteiger charge is -2.19. The van der Waals surface area contributed by atoms with Crippen LogP contribution >= 0.6 is 35.0 Å². The van der Waals surface area contributed by atoms with E-state index in [-0.39, 0.29) is 11.8 Å².